The fourth-order valence-electron chi connectivity index (χ4n) is 1.57. The van der Waals surface area contributed by atoms with Crippen LogP contribution in [0.3, 0.4) is 0 Å². The van der Waals surface area contributed by atoms with Crippen molar-refractivity contribution in [3.63, 3.8) is 0 Å². The van der Waals surface area contributed by atoms with Gasteiger partial charge in [-0.15, -0.1) is 0 Å². The lowest BCUT2D eigenvalue weighted by atomic mass is 10.2. The van der Waals surface area contributed by atoms with E-state index < -0.39 is 0 Å². The molecule has 2 N–H and O–H groups in total. The van der Waals surface area contributed by atoms with E-state index >= 15 is 0 Å². The minimum Gasteiger partial charge on any atom is -0.457 e. The molecule has 0 amide bonds. The monoisotopic (exact) mass is 247 g/mol. The van der Waals surface area contributed by atoms with Gasteiger partial charge in [0.2, 0.25) is 0 Å². The van der Waals surface area contributed by atoms with Crippen LogP contribution in [0.4, 0.5) is 0 Å². The van der Waals surface area contributed by atoms with Crippen LogP contribution in [0, 0.1) is 6.92 Å². The smallest absolute Gasteiger partial charge is 0.133 e. The summed E-state index contributed by atoms with van der Waals surface area (Å²) in [6.45, 7) is 2.40. The maximum Gasteiger partial charge on any atom is 0.133 e. The molecule has 17 heavy (non-hydrogen) atoms. The molecule has 0 atom stereocenters. The second-order valence-electron chi connectivity index (χ2n) is 3.84. The number of hydrogen-bond acceptors (Lipinski definition) is 2. The fourth-order valence-corrected chi connectivity index (χ4v) is 1.81. The lowest BCUT2D eigenvalue weighted by Gasteiger charge is -2.11. The highest BCUT2D eigenvalue weighted by Crippen LogP contribution is 2.30. The van der Waals surface area contributed by atoms with E-state index in [9.17, 15) is 0 Å². The van der Waals surface area contributed by atoms with Gasteiger partial charge in [-0.2, -0.15) is 0 Å². The first-order valence-electron chi connectivity index (χ1n) is 5.42. The van der Waals surface area contributed by atoms with Crippen molar-refractivity contribution in [2.45, 2.75) is 13.5 Å². The molecule has 0 aliphatic carbocycles. The Bertz CT molecular complexity index is 508. The highest BCUT2D eigenvalue weighted by Gasteiger charge is 2.07. The van der Waals surface area contributed by atoms with Crippen molar-refractivity contribution >= 4 is 11.6 Å². The maximum atomic E-state index is 6.06. The zero-order valence-corrected chi connectivity index (χ0v) is 10.4. The van der Waals surface area contributed by atoms with Crippen LogP contribution in [0.25, 0.3) is 0 Å². The zero-order valence-electron chi connectivity index (χ0n) is 9.61. The number of halogens is 1. The molecule has 0 bridgehead atoms. The molecule has 0 aliphatic heterocycles. The first-order chi connectivity index (χ1) is 8.20. The summed E-state index contributed by atoms with van der Waals surface area (Å²) in [7, 11) is 0. The fraction of sp³-hybridized carbons (Fsp3) is 0.143. The van der Waals surface area contributed by atoms with Crippen molar-refractivity contribution < 1.29 is 4.74 Å². The summed E-state index contributed by atoms with van der Waals surface area (Å²) in [5.41, 5.74) is 7.69. The second-order valence-corrected chi connectivity index (χ2v) is 4.24. The van der Waals surface area contributed by atoms with Crippen molar-refractivity contribution in [1.29, 1.82) is 0 Å². The molecule has 0 unspecified atom stereocenters. The van der Waals surface area contributed by atoms with Gasteiger partial charge in [-0.3, -0.25) is 0 Å². The highest BCUT2D eigenvalue weighted by atomic mass is 35.5. The molecule has 2 rings (SSSR count). The predicted octanol–water partition coefficient (Wildman–Crippen LogP) is 3.90. The molecular formula is C14H14ClNO. The van der Waals surface area contributed by atoms with E-state index in [-0.39, 0.29) is 0 Å². The highest BCUT2D eigenvalue weighted by molar-refractivity contribution is 6.31. The van der Waals surface area contributed by atoms with E-state index in [0.717, 1.165) is 11.3 Å². The molecule has 0 fully saturated rings. The molecule has 2 nitrogen and oxygen atoms in total. The van der Waals surface area contributed by atoms with E-state index in [1.165, 1.54) is 5.56 Å². The largest absolute Gasteiger partial charge is 0.457 e. The van der Waals surface area contributed by atoms with Gasteiger partial charge in [0.15, 0.2) is 0 Å². The standard InChI is InChI=1S/C14H14ClNO/c1-10-5-7-11(8-6-10)17-14-4-2-3-13(15)12(14)9-16/h2-8H,9,16H2,1H3. The summed E-state index contributed by atoms with van der Waals surface area (Å²) < 4.78 is 5.77. The predicted molar refractivity (Wildman–Crippen MR) is 70.6 cm³/mol. The minimum atomic E-state index is 0.362. The van der Waals surface area contributed by atoms with E-state index in [1.807, 2.05) is 49.4 Å². The number of benzene rings is 2. The summed E-state index contributed by atoms with van der Waals surface area (Å²) in [6, 6.07) is 13.4. The molecule has 0 spiro atoms. The van der Waals surface area contributed by atoms with Crippen molar-refractivity contribution in [3.8, 4) is 11.5 Å². The van der Waals surface area contributed by atoms with Crippen LogP contribution in [-0.4, -0.2) is 0 Å². The van der Waals surface area contributed by atoms with Gasteiger partial charge in [0.25, 0.3) is 0 Å². The van der Waals surface area contributed by atoms with Gasteiger partial charge < -0.3 is 10.5 Å². The van der Waals surface area contributed by atoms with Crippen molar-refractivity contribution in [3.05, 3.63) is 58.6 Å². The Kier molecular flexibility index (Phi) is 3.67. The van der Waals surface area contributed by atoms with Crippen molar-refractivity contribution in [2.24, 2.45) is 5.73 Å². The van der Waals surface area contributed by atoms with Gasteiger partial charge in [-0.05, 0) is 31.2 Å². The molecule has 0 saturated heterocycles. The molecule has 0 aliphatic rings. The third-order valence-electron chi connectivity index (χ3n) is 2.53. The van der Waals surface area contributed by atoms with Crippen LogP contribution < -0.4 is 10.5 Å². The Morgan fingerprint density at radius 2 is 1.82 bits per heavy atom. The molecule has 2 aromatic carbocycles. The Morgan fingerprint density at radius 1 is 1.12 bits per heavy atom. The molecule has 0 heterocycles. The summed E-state index contributed by atoms with van der Waals surface area (Å²) in [6.07, 6.45) is 0. The lowest BCUT2D eigenvalue weighted by Crippen LogP contribution is -2.00. The molecule has 0 radical (unpaired) electrons. The Labute approximate surface area is 106 Å². The molecule has 88 valence electrons. The van der Waals surface area contributed by atoms with Gasteiger partial charge in [-0.1, -0.05) is 35.4 Å². The molecular weight excluding hydrogens is 234 g/mol. The number of aryl methyl sites for hydroxylation is 1. The van der Waals surface area contributed by atoms with E-state index in [0.29, 0.717) is 17.3 Å². The third kappa shape index (κ3) is 2.78. The van der Waals surface area contributed by atoms with Gasteiger partial charge in [0.1, 0.15) is 11.5 Å². The lowest BCUT2D eigenvalue weighted by molar-refractivity contribution is 0.476. The molecule has 2 aromatic rings. The molecule has 3 heteroatoms. The van der Waals surface area contributed by atoms with E-state index in [1.54, 1.807) is 0 Å². The van der Waals surface area contributed by atoms with E-state index in [4.69, 9.17) is 22.1 Å². The van der Waals surface area contributed by atoms with Crippen LogP contribution in [-0.2, 0) is 6.54 Å². The van der Waals surface area contributed by atoms with Crippen molar-refractivity contribution in [2.75, 3.05) is 0 Å². The maximum absolute atomic E-state index is 6.06. The average Bonchev–Trinajstić information content (AvgIpc) is 2.32. The topological polar surface area (TPSA) is 35.2 Å². The van der Waals surface area contributed by atoms with Crippen LogP contribution in [0.2, 0.25) is 5.02 Å². The molecule has 0 aromatic heterocycles. The summed E-state index contributed by atoms with van der Waals surface area (Å²) in [5.74, 6) is 1.50. The SMILES string of the molecule is Cc1ccc(Oc2cccc(Cl)c2CN)cc1. The Hall–Kier alpha value is -1.51. The number of ether oxygens (including phenoxy) is 1. The first-order valence-corrected chi connectivity index (χ1v) is 5.80. The van der Waals surface area contributed by atoms with Crippen LogP contribution in [0.5, 0.6) is 11.5 Å². The van der Waals surface area contributed by atoms with Crippen LogP contribution in [0.1, 0.15) is 11.1 Å². The summed E-state index contributed by atoms with van der Waals surface area (Å²) in [4.78, 5) is 0. The minimum absolute atomic E-state index is 0.362. The van der Waals surface area contributed by atoms with Gasteiger partial charge >= 0.3 is 0 Å². The van der Waals surface area contributed by atoms with Gasteiger partial charge in [0.05, 0.1) is 0 Å². The van der Waals surface area contributed by atoms with Crippen molar-refractivity contribution in [1.82, 2.24) is 0 Å². The summed E-state index contributed by atoms with van der Waals surface area (Å²) >= 11 is 6.06. The number of hydrogen-bond donors (Lipinski definition) is 1. The number of nitrogens with two attached hydrogens (primary N) is 1. The van der Waals surface area contributed by atoms with Gasteiger partial charge in [0, 0.05) is 17.1 Å². The zero-order chi connectivity index (χ0) is 12.3. The average molecular weight is 248 g/mol. The second kappa shape index (κ2) is 5.21. The number of rotatable bonds is 3. The van der Waals surface area contributed by atoms with Crippen LogP contribution >= 0.6 is 11.6 Å². The Morgan fingerprint density at radius 3 is 2.47 bits per heavy atom. The quantitative estimate of drug-likeness (QED) is 0.893. The normalized spacial score (nSPS) is 10.3. The van der Waals surface area contributed by atoms with Gasteiger partial charge in [-0.25, -0.2) is 0 Å². The molecule has 0 saturated carbocycles. The van der Waals surface area contributed by atoms with Crippen LogP contribution in [0.15, 0.2) is 42.5 Å². The Balaban J connectivity index is 2.29. The third-order valence-corrected chi connectivity index (χ3v) is 2.88. The first kappa shape index (κ1) is 12.0. The van der Waals surface area contributed by atoms with E-state index in [2.05, 4.69) is 0 Å². The summed E-state index contributed by atoms with van der Waals surface area (Å²) in [5, 5.41) is 0.636.